The third-order valence-electron chi connectivity index (χ3n) is 3.68. The number of thiocarbonyl (C=S) groups is 1. The molecule has 0 aromatic rings. The number of likely N-dealkylation sites (tertiary alicyclic amines) is 1. The van der Waals surface area contributed by atoms with Gasteiger partial charge in [0.05, 0.1) is 0 Å². The molecule has 19 heavy (non-hydrogen) atoms. The maximum Gasteiger partial charge on any atom is 0.168 e. The Morgan fingerprint density at radius 3 is 2.95 bits per heavy atom. The Bertz CT molecular complexity index is 263. The molecule has 4 nitrogen and oxygen atoms in total. The minimum absolute atomic E-state index is 0.665. The largest absolute Gasteiger partial charge is 0.382 e. The highest BCUT2D eigenvalue weighted by Crippen LogP contribution is 2.17. The van der Waals surface area contributed by atoms with Crippen LogP contribution >= 0.6 is 12.2 Å². The van der Waals surface area contributed by atoms with Crippen molar-refractivity contribution in [1.82, 2.24) is 15.1 Å². The highest BCUT2D eigenvalue weighted by atomic mass is 32.1. The predicted octanol–water partition coefficient (Wildman–Crippen LogP) is 1.70. The Labute approximate surface area is 123 Å². The van der Waals surface area contributed by atoms with Gasteiger partial charge in [-0.05, 0) is 51.5 Å². The molecular weight excluding hydrogens is 258 g/mol. The molecule has 1 atom stereocenters. The maximum atomic E-state index is 5.42. The van der Waals surface area contributed by atoms with Gasteiger partial charge in [-0.25, -0.2) is 0 Å². The molecule has 0 aromatic carbocycles. The molecule has 0 saturated carbocycles. The van der Waals surface area contributed by atoms with Crippen LogP contribution in [0.1, 0.15) is 33.1 Å². The molecular formula is C14H29N3OS. The van der Waals surface area contributed by atoms with Gasteiger partial charge in [-0.2, -0.15) is 0 Å². The van der Waals surface area contributed by atoms with E-state index in [-0.39, 0.29) is 0 Å². The molecule has 112 valence electrons. The summed E-state index contributed by atoms with van der Waals surface area (Å²) in [5.41, 5.74) is 0. The van der Waals surface area contributed by atoms with Gasteiger partial charge in [0, 0.05) is 39.4 Å². The molecule has 1 aliphatic heterocycles. The second-order valence-electron chi connectivity index (χ2n) is 5.09. The van der Waals surface area contributed by atoms with E-state index in [1.807, 2.05) is 6.92 Å². The Morgan fingerprint density at radius 1 is 1.47 bits per heavy atom. The average Bonchev–Trinajstić information content (AvgIpc) is 2.85. The van der Waals surface area contributed by atoms with Crippen molar-refractivity contribution in [3.63, 3.8) is 0 Å². The molecule has 0 aromatic heterocycles. The second kappa shape index (κ2) is 9.50. The lowest BCUT2D eigenvalue weighted by molar-refractivity contribution is 0.145. The first kappa shape index (κ1) is 16.7. The monoisotopic (exact) mass is 287 g/mol. The van der Waals surface area contributed by atoms with Gasteiger partial charge < -0.3 is 15.0 Å². The summed E-state index contributed by atoms with van der Waals surface area (Å²) in [5, 5.41) is 4.17. The quantitative estimate of drug-likeness (QED) is 0.542. The van der Waals surface area contributed by atoms with E-state index >= 15 is 0 Å². The zero-order chi connectivity index (χ0) is 14.1. The van der Waals surface area contributed by atoms with Gasteiger partial charge in [0.15, 0.2) is 5.11 Å². The molecule has 1 aliphatic rings. The van der Waals surface area contributed by atoms with E-state index < -0.39 is 0 Å². The Hall–Kier alpha value is -0.390. The molecule has 0 amide bonds. The van der Waals surface area contributed by atoms with Crippen molar-refractivity contribution < 1.29 is 4.74 Å². The lowest BCUT2D eigenvalue weighted by atomic mass is 10.2. The summed E-state index contributed by atoms with van der Waals surface area (Å²) in [5.74, 6) is 0. The smallest absolute Gasteiger partial charge is 0.168 e. The maximum absolute atomic E-state index is 5.42. The number of ether oxygens (including phenoxy) is 1. The molecule has 0 bridgehead atoms. The van der Waals surface area contributed by atoms with E-state index in [1.54, 1.807) is 0 Å². The van der Waals surface area contributed by atoms with Gasteiger partial charge >= 0.3 is 0 Å². The Balaban J connectivity index is 2.17. The van der Waals surface area contributed by atoms with E-state index in [2.05, 4.69) is 29.1 Å². The van der Waals surface area contributed by atoms with Gasteiger partial charge in [0.2, 0.25) is 0 Å². The van der Waals surface area contributed by atoms with Crippen LogP contribution in [0, 0.1) is 0 Å². The molecule has 0 spiro atoms. The summed E-state index contributed by atoms with van der Waals surface area (Å²) in [6.07, 6.45) is 3.62. The number of nitrogens with one attached hydrogen (secondary N) is 1. The molecule has 5 heteroatoms. The van der Waals surface area contributed by atoms with Crippen LogP contribution in [0.2, 0.25) is 0 Å². The van der Waals surface area contributed by atoms with Gasteiger partial charge in [-0.1, -0.05) is 6.92 Å². The van der Waals surface area contributed by atoms with Crippen LogP contribution in [0.4, 0.5) is 0 Å². The topological polar surface area (TPSA) is 27.7 Å². The highest BCUT2D eigenvalue weighted by Gasteiger charge is 2.24. The minimum Gasteiger partial charge on any atom is -0.382 e. The summed E-state index contributed by atoms with van der Waals surface area (Å²) < 4.78 is 5.31. The van der Waals surface area contributed by atoms with Crippen molar-refractivity contribution >= 4 is 17.3 Å². The third kappa shape index (κ3) is 6.06. The number of nitrogens with zero attached hydrogens (tertiary/aromatic N) is 2. The van der Waals surface area contributed by atoms with Crippen molar-refractivity contribution in [2.75, 3.05) is 46.4 Å². The molecule has 1 unspecified atom stereocenters. The van der Waals surface area contributed by atoms with Crippen molar-refractivity contribution in [1.29, 1.82) is 0 Å². The van der Waals surface area contributed by atoms with Crippen LogP contribution in [-0.4, -0.2) is 67.4 Å². The molecule has 1 N–H and O–H groups in total. The second-order valence-corrected chi connectivity index (χ2v) is 5.47. The first-order valence-corrected chi connectivity index (χ1v) is 7.90. The number of likely N-dealkylation sites (N-methyl/N-ethyl adjacent to an activating group) is 2. The van der Waals surface area contributed by atoms with Gasteiger partial charge in [0.25, 0.3) is 0 Å². The van der Waals surface area contributed by atoms with E-state index in [1.165, 1.54) is 19.4 Å². The fraction of sp³-hybridized carbons (Fsp3) is 0.929. The van der Waals surface area contributed by atoms with Gasteiger partial charge in [-0.3, -0.25) is 4.90 Å². The predicted molar refractivity (Wildman–Crippen MR) is 84.6 cm³/mol. The van der Waals surface area contributed by atoms with Crippen LogP contribution in [0.15, 0.2) is 0 Å². The van der Waals surface area contributed by atoms with Crippen LogP contribution in [0.25, 0.3) is 0 Å². The summed E-state index contributed by atoms with van der Waals surface area (Å²) in [6.45, 7) is 10.2. The van der Waals surface area contributed by atoms with Crippen molar-refractivity contribution in [3.05, 3.63) is 0 Å². The number of hydrogen-bond acceptors (Lipinski definition) is 3. The standard InChI is InChI=1S/C14H29N3OS/c1-4-17-10-6-8-13(17)12-16(3)14(19)15-9-7-11-18-5-2/h13H,4-12H2,1-3H3,(H,15,19). The third-order valence-corrected chi connectivity index (χ3v) is 4.14. The summed E-state index contributed by atoms with van der Waals surface area (Å²) in [4.78, 5) is 4.73. The SMILES string of the molecule is CCOCCCNC(=S)N(C)CC1CCCN1CC. The zero-order valence-corrected chi connectivity index (χ0v) is 13.5. The molecule has 1 heterocycles. The van der Waals surface area contributed by atoms with E-state index in [9.17, 15) is 0 Å². The van der Waals surface area contributed by atoms with Crippen LogP contribution in [-0.2, 0) is 4.74 Å². The Kier molecular flexibility index (Phi) is 8.34. The summed E-state index contributed by atoms with van der Waals surface area (Å²) >= 11 is 5.42. The molecule has 0 aliphatic carbocycles. The lowest BCUT2D eigenvalue weighted by Crippen LogP contribution is -2.45. The lowest BCUT2D eigenvalue weighted by Gasteiger charge is -2.29. The van der Waals surface area contributed by atoms with Crippen molar-refractivity contribution in [2.24, 2.45) is 0 Å². The highest BCUT2D eigenvalue weighted by molar-refractivity contribution is 7.80. The summed E-state index contributed by atoms with van der Waals surface area (Å²) in [7, 11) is 2.09. The fourth-order valence-electron chi connectivity index (χ4n) is 2.57. The van der Waals surface area contributed by atoms with E-state index in [0.717, 1.165) is 44.4 Å². The fourth-order valence-corrected chi connectivity index (χ4v) is 2.74. The minimum atomic E-state index is 0.665. The first-order chi connectivity index (χ1) is 9.19. The van der Waals surface area contributed by atoms with Crippen LogP contribution < -0.4 is 5.32 Å². The normalized spacial score (nSPS) is 19.6. The molecule has 0 radical (unpaired) electrons. The molecule has 1 fully saturated rings. The van der Waals surface area contributed by atoms with E-state index in [0.29, 0.717) is 6.04 Å². The van der Waals surface area contributed by atoms with Gasteiger partial charge in [0.1, 0.15) is 0 Å². The number of hydrogen-bond donors (Lipinski definition) is 1. The van der Waals surface area contributed by atoms with Crippen LogP contribution in [0.5, 0.6) is 0 Å². The first-order valence-electron chi connectivity index (χ1n) is 7.49. The van der Waals surface area contributed by atoms with E-state index in [4.69, 9.17) is 17.0 Å². The summed E-state index contributed by atoms with van der Waals surface area (Å²) in [6, 6.07) is 0.665. The van der Waals surface area contributed by atoms with Gasteiger partial charge in [-0.15, -0.1) is 0 Å². The Morgan fingerprint density at radius 2 is 2.26 bits per heavy atom. The van der Waals surface area contributed by atoms with Crippen molar-refractivity contribution in [3.8, 4) is 0 Å². The zero-order valence-electron chi connectivity index (χ0n) is 12.7. The number of rotatable bonds is 8. The molecule has 1 rings (SSSR count). The van der Waals surface area contributed by atoms with Crippen LogP contribution in [0.3, 0.4) is 0 Å². The van der Waals surface area contributed by atoms with Crippen molar-refractivity contribution in [2.45, 2.75) is 39.2 Å². The average molecular weight is 287 g/mol. The molecule has 1 saturated heterocycles.